The summed E-state index contributed by atoms with van der Waals surface area (Å²) < 4.78 is 5.77. The van der Waals surface area contributed by atoms with Gasteiger partial charge in [0.2, 0.25) is 5.91 Å². The van der Waals surface area contributed by atoms with Crippen molar-refractivity contribution in [3.63, 3.8) is 0 Å². The van der Waals surface area contributed by atoms with Crippen LogP contribution in [0.25, 0.3) is 0 Å². The van der Waals surface area contributed by atoms with Gasteiger partial charge in [-0.3, -0.25) is 9.69 Å². The molecule has 2 fully saturated rings. The van der Waals surface area contributed by atoms with Gasteiger partial charge in [-0.05, 0) is 59.4 Å². The predicted octanol–water partition coefficient (Wildman–Crippen LogP) is 1.26. The van der Waals surface area contributed by atoms with Crippen molar-refractivity contribution >= 4 is 5.91 Å². The largest absolute Gasteiger partial charge is 0.377 e. The SMILES string of the molecule is CCOC1CCCN(C(C)CC(C)(NC2CC2)C(N)=O)C1. The Bertz CT molecular complexity index is 357. The monoisotopic (exact) mass is 297 g/mol. The molecule has 1 saturated heterocycles. The molecule has 0 aromatic rings. The Morgan fingerprint density at radius 3 is 2.76 bits per heavy atom. The van der Waals surface area contributed by atoms with Crippen molar-refractivity contribution < 1.29 is 9.53 Å². The third-order valence-electron chi connectivity index (χ3n) is 4.78. The first kappa shape index (κ1) is 16.7. The van der Waals surface area contributed by atoms with E-state index in [-0.39, 0.29) is 5.91 Å². The Morgan fingerprint density at radius 2 is 2.19 bits per heavy atom. The Morgan fingerprint density at radius 1 is 1.48 bits per heavy atom. The normalized spacial score (nSPS) is 28.0. The van der Waals surface area contributed by atoms with E-state index < -0.39 is 5.54 Å². The lowest BCUT2D eigenvalue weighted by molar-refractivity contribution is -0.124. The third-order valence-corrected chi connectivity index (χ3v) is 4.78. The summed E-state index contributed by atoms with van der Waals surface area (Å²) in [7, 11) is 0. The molecule has 5 heteroatoms. The summed E-state index contributed by atoms with van der Waals surface area (Å²) in [6.45, 7) is 9.02. The topological polar surface area (TPSA) is 67.6 Å². The number of primary amides is 1. The van der Waals surface area contributed by atoms with E-state index in [1.807, 2.05) is 13.8 Å². The molecule has 0 aromatic heterocycles. The van der Waals surface area contributed by atoms with Crippen molar-refractivity contribution in [2.75, 3.05) is 19.7 Å². The summed E-state index contributed by atoms with van der Waals surface area (Å²) in [5.74, 6) is -0.236. The Labute approximate surface area is 128 Å². The fourth-order valence-corrected chi connectivity index (χ4v) is 3.37. The summed E-state index contributed by atoms with van der Waals surface area (Å²) in [6, 6.07) is 0.809. The average Bonchev–Trinajstić information content (AvgIpc) is 3.23. The molecule has 2 rings (SSSR count). The zero-order valence-electron chi connectivity index (χ0n) is 13.7. The second-order valence-electron chi connectivity index (χ2n) is 6.88. The smallest absolute Gasteiger partial charge is 0.237 e. The number of piperidine rings is 1. The van der Waals surface area contributed by atoms with Crippen molar-refractivity contribution in [2.45, 2.75) is 76.6 Å². The Balaban J connectivity index is 1.91. The first-order valence-corrected chi connectivity index (χ1v) is 8.38. The van der Waals surface area contributed by atoms with E-state index in [1.54, 1.807) is 0 Å². The first-order chi connectivity index (χ1) is 9.94. The summed E-state index contributed by atoms with van der Waals surface area (Å²) in [6.07, 6.45) is 5.73. The van der Waals surface area contributed by atoms with E-state index in [0.29, 0.717) is 18.2 Å². The third kappa shape index (κ3) is 4.66. The minimum atomic E-state index is -0.598. The van der Waals surface area contributed by atoms with Gasteiger partial charge in [0.1, 0.15) is 0 Å². The highest BCUT2D eigenvalue weighted by Crippen LogP contribution is 2.27. The number of amides is 1. The van der Waals surface area contributed by atoms with Gasteiger partial charge < -0.3 is 15.8 Å². The van der Waals surface area contributed by atoms with Crippen molar-refractivity contribution in [3.05, 3.63) is 0 Å². The molecule has 21 heavy (non-hydrogen) atoms. The summed E-state index contributed by atoms with van der Waals surface area (Å²) >= 11 is 0. The quantitative estimate of drug-likeness (QED) is 0.708. The number of nitrogens with two attached hydrogens (primary N) is 1. The minimum Gasteiger partial charge on any atom is -0.377 e. The highest BCUT2D eigenvalue weighted by Gasteiger charge is 2.39. The van der Waals surface area contributed by atoms with Gasteiger partial charge in [-0.1, -0.05) is 0 Å². The van der Waals surface area contributed by atoms with Crippen LogP contribution < -0.4 is 11.1 Å². The first-order valence-electron chi connectivity index (χ1n) is 8.38. The van der Waals surface area contributed by atoms with Crippen molar-refractivity contribution in [3.8, 4) is 0 Å². The molecule has 1 aliphatic heterocycles. The predicted molar refractivity (Wildman–Crippen MR) is 84.1 cm³/mol. The molecule has 0 aromatic carbocycles. The standard InChI is InChI=1S/C16H31N3O2/c1-4-21-14-6-5-9-19(11-14)12(2)10-16(3,15(17)20)18-13-7-8-13/h12-14,18H,4-11H2,1-3H3,(H2,17,20). The molecule has 1 amide bonds. The van der Waals surface area contributed by atoms with Crippen LogP contribution in [-0.4, -0.2) is 54.2 Å². The molecule has 5 nitrogen and oxygen atoms in total. The van der Waals surface area contributed by atoms with Crippen molar-refractivity contribution in [2.24, 2.45) is 5.73 Å². The number of likely N-dealkylation sites (tertiary alicyclic amines) is 1. The molecule has 1 heterocycles. The molecule has 0 radical (unpaired) electrons. The van der Waals surface area contributed by atoms with Crippen LogP contribution in [-0.2, 0) is 9.53 Å². The number of nitrogens with zero attached hydrogens (tertiary/aromatic N) is 1. The van der Waals surface area contributed by atoms with E-state index in [4.69, 9.17) is 10.5 Å². The maximum absolute atomic E-state index is 11.9. The van der Waals surface area contributed by atoms with Crippen LogP contribution in [0.3, 0.4) is 0 Å². The van der Waals surface area contributed by atoms with Gasteiger partial charge in [0, 0.05) is 25.2 Å². The molecule has 3 atom stereocenters. The molecular formula is C16H31N3O2. The van der Waals surface area contributed by atoms with Gasteiger partial charge in [-0.15, -0.1) is 0 Å². The van der Waals surface area contributed by atoms with Gasteiger partial charge in [-0.2, -0.15) is 0 Å². The molecule has 0 bridgehead atoms. The molecule has 1 saturated carbocycles. The summed E-state index contributed by atoms with van der Waals surface area (Å²) in [5.41, 5.74) is 5.06. The molecule has 2 aliphatic rings. The lowest BCUT2D eigenvalue weighted by atomic mass is 9.90. The highest BCUT2D eigenvalue weighted by atomic mass is 16.5. The van der Waals surface area contributed by atoms with E-state index in [0.717, 1.165) is 45.4 Å². The van der Waals surface area contributed by atoms with E-state index in [2.05, 4.69) is 17.1 Å². The fourth-order valence-electron chi connectivity index (χ4n) is 3.37. The van der Waals surface area contributed by atoms with E-state index in [9.17, 15) is 4.79 Å². The molecular weight excluding hydrogens is 266 g/mol. The molecule has 0 spiro atoms. The number of rotatable bonds is 8. The molecule has 122 valence electrons. The zero-order valence-corrected chi connectivity index (χ0v) is 13.7. The van der Waals surface area contributed by atoms with E-state index >= 15 is 0 Å². The van der Waals surface area contributed by atoms with Crippen LogP contribution in [0, 0.1) is 0 Å². The minimum absolute atomic E-state index is 0.236. The Kier molecular flexibility index (Phi) is 5.63. The number of carbonyl (C=O) groups excluding carboxylic acids is 1. The number of ether oxygens (including phenoxy) is 1. The van der Waals surface area contributed by atoms with Gasteiger partial charge in [0.25, 0.3) is 0 Å². The zero-order chi connectivity index (χ0) is 15.5. The van der Waals surface area contributed by atoms with Gasteiger partial charge in [-0.25, -0.2) is 0 Å². The van der Waals surface area contributed by atoms with Crippen LogP contribution in [0.15, 0.2) is 0 Å². The summed E-state index contributed by atoms with van der Waals surface area (Å²) in [4.78, 5) is 14.3. The van der Waals surface area contributed by atoms with Crippen LogP contribution in [0.1, 0.15) is 52.9 Å². The number of carbonyl (C=O) groups is 1. The number of nitrogens with one attached hydrogen (secondary N) is 1. The lowest BCUT2D eigenvalue weighted by Gasteiger charge is -2.40. The van der Waals surface area contributed by atoms with Crippen molar-refractivity contribution in [1.29, 1.82) is 0 Å². The van der Waals surface area contributed by atoms with Crippen LogP contribution in [0.5, 0.6) is 0 Å². The highest BCUT2D eigenvalue weighted by molar-refractivity contribution is 5.84. The lowest BCUT2D eigenvalue weighted by Crippen LogP contribution is -2.58. The maximum Gasteiger partial charge on any atom is 0.237 e. The molecule has 3 unspecified atom stereocenters. The van der Waals surface area contributed by atoms with Crippen LogP contribution >= 0.6 is 0 Å². The fraction of sp³-hybridized carbons (Fsp3) is 0.938. The molecule has 3 N–H and O–H groups in total. The summed E-state index contributed by atoms with van der Waals surface area (Å²) in [5, 5.41) is 3.44. The average molecular weight is 297 g/mol. The Hall–Kier alpha value is -0.650. The van der Waals surface area contributed by atoms with Gasteiger partial charge >= 0.3 is 0 Å². The maximum atomic E-state index is 11.9. The van der Waals surface area contributed by atoms with Crippen LogP contribution in [0.2, 0.25) is 0 Å². The second-order valence-corrected chi connectivity index (χ2v) is 6.88. The van der Waals surface area contributed by atoms with E-state index in [1.165, 1.54) is 6.42 Å². The second kappa shape index (κ2) is 7.07. The van der Waals surface area contributed by atoms with Crippen LogP contribution in [0.4, 0.5) is 0 Å². The van der Waals surface area contributed by atoms with Gasteiger partial charge in [0.15, 0.2) is 0 Å². The number of hydrogen-bond donors (Lipinski definition) is 2. The molecule has 1 aliphatic carbocycles. The van der Waals surface area contributed by atoms with Gasteiger partial charge in [0.05, 0.1) is 11.6 Å². The van der Waals surface area contributed by atoms with Crippen molar-refractivity contribution in [1.82, 2.24) is 10.2 Å². The number of hydrogen-bond acceptors (Lipinski definition) is 4.